The molecule has 4 nitrogen and oxygen atoms in total. The minimum Gasteiger partial charge on any atom is -0.344 e. The predicted molar refractivity (Wildman–Crippen MR) is 103 cm³/mol. The summed E-state index contributed by atoms with van der Waals surface area (Å²) in [5.41, 5.74) is 5.38. The number of nitrogens with one attached hydrogen (secondary N) is 1. The van der Waals surface area contributed by atoms with Gasteiger partial charge in [-0.05, 0) is 49.7 Å². The molecule has 2 aromatic carbocycles. The van der Waals surface area contributed by atoms with Crippen LogP contribution >= 0.6 is 0 Å². The number of aromatic nitrogens is 1. The van der Waals surface area contributed by atoms with Gasteiger partial charge >= 0.3 is 0 Å². The van der Waals surface area contributed by atoms with E-state index in [1.54, 1.807) is 12.4 Å². The topological polar surface area (TPSA) is 45.2 Å². The van der Waals surface area contributed by atoms with Gasteiger partial charge in [-0.25, -0.2) is 0 Å². The second-order valence-electron chi connectivity index (χ2n) is 6.05. The van der Waals surface area contributed by atoms with Gasteiger partial charge in [0, 0.05) is 30.8 Å². The van der Waals surface area contributed by atoms with E-state index in [2.05, 4.69) is 10.3 Å². The van der Waals surface area contributed by atoms with Crippen molar-refractivity contribution in [2.75, 3.05) is 17.3 Å². The maximum Gasteiger partial charge on any atom is 0.258 e. The van der Waals surface area contributed by atoms with E-state index in [1.165, 1.54) is 0 Å². The minimum atomic E-state index is -0.113. The molecule has 4 heteroatoms. The summed E-state index contributed by atoms with van der Waals surface area (Å²) < 4.78 is 0. The van der Waals surface area contributed by atoms with Gasteiger partial charge in [0.15, 0.2) is 0 Å². The number of pyridine rings is 1. The Labute approximate surface area is 148 Å². The lowest BCUT2D eigenvalue weighted by molar-refractivity contribution is 0.102. The number of hydrogen-bond donors (Lipinski definition) is 1. The highest BCUT2D eigenvalue weighted by molar-refractivity contribution is 6.09. The number of benzene rings is 2. The Kier molecular flexibility index (Phi) is 4.80. The number of anilines is 3. The Balaban J connectivity index is 1.95. The first kappa shape index (κ1) is 16.7. The lowest BCUT2D eigenvalue weighted by atomic mass is 10.0. The highest BCUT2D eigenvalue weighted by Crippen LogP contribution is 2.29. The largest absolute Gasteiger partial charge is 0.344 e. The molecule has 3 aromatic rings. The molecule has 0 aliphatic heterocycles. The standard InChI is InChI=1S/C21H21N3O/c1-15-7-9-17(10-8-15)23-21(25)20-16(2)5-4-6-19(20)24(3)18-11-13-22-14-12-18/h4-14H,1-3H3,(H,23,25). The normalized spacial score (nSPS) is 10.4. The first-order valence-corrected chi connectivity index (χ1v) is 8.17. The molecule has 0 aliphatic carbocycles. The molecule has 1 aromatic heterocycles. The molecule has 0 saturated carbocycles. The van der Waals surface area contributed by atoms with Crippen LogP contribution in [0.5, 0.6) is 0 Å². The van der Waals surface area contributed by atoms with Crippen LogP contribution in [0.2, 0.25) is 0 Å². The summed E-state index contributed by atoms with van der Waals surface area (Å²) in [6.45, 7) is 3.97. The molecule has 25 heavy (non-hydrogen) atoms. The summed E-state index contributed by atoms with van der Waals surface area (Å²) in [5.74, 6) is -0.113. The molecule has 1 heterocycles. The van der Waals surface area contributed by atoms with E-state index in [0.717, 1.165) is 28.2 Å². The van der Waals surface area contributed by atoms with Gasteiger partial charge < -0.3 is 10.2 Å². The number of hydrogen-bond acceptors (Lipinski definition) is 3. The number of nitrogens with zero attached hydrogens (tertiary/aromatic N) is 2. The van der Waals surface area contributed by atoms with Crippen LogP contribution in [-0.4, -0.2) is 17.9 Å². The molecule has 126 valence electrons. The average Bonchev–Trinajstić information content (AvgIpc) is 2.63. The van der Waals surface area contributed by atoms with Crippen LogP contribution < -0.4 is 10.2 Å². The van der Waals surface area contributed by atoms with Crippen molar-refractivity contribution in [3.8, 4) is 0 Å². The van der Waals surface area contributed by atoms with Crippen molar-refractivity contribution in [1.82, 2.24) is 4.98 Å². The fraction of sp³-hybridized carbons (Fsp3) is 0.143. The van der Waals surface area contributed by atoms with Crippen LogP contribution in [0.1, 0.15) is 21.5 Å². The van der Waals surface area contributed by atoms with E-state index in [-0.39, 0.29) is 5.91 Å². The zero-order chi connectivity index (χ0) is 17.8. The molecule has 0 aliphatic rings. The van der Waals surface area contributed by atoms with Crippen LogP contribution in [-0.2, 0) is 0 Å². The summed E-state index contributed by atoms with van der Waals surface area (Å²) in [5, 5.41) is 3.00. The molecule has 0 bridgehead atoms. The van der Waals surface area contributed by atoms with Gasteiger partial charge in [-0.1, -0.05) is 29.8 Å². The van der Waals surface area contributed by atoms with Gasteiger partial charge in [-0.3, -0.25) is 9.78 Å². The molecule has 1 amide bonds. The lowest BCUT2D eigenvalue weighted by Gasteiger charge is -2.23. The Morgan fingerprint density at radius 3 is 2.32 bits per heavy atom. The van der Waals surface area contributed by atoms with E-state index < -0.39 is 0 Å². The second kappa shape index (κ2) is 7.18. The van der Waals surface area contributed by atoms with Gasteiger partial charge in [-0.15, -0.1) is 0 Å². The number of carbonyl (C=O) groups is 1. The van der Waals surface area contributed by atoms with Crippen molar-refractivity contribution in [3.05, 3.63) is 83.7 Å². The third-order valence-electron chi connectivity index (χ3n) is 4.20. The zero-order valence-corrected chi connectivity index (χ0v) is 14.7. The first-order valence-electron chi connectivity index (χ1n) is 8.17. The molecule has 0 spiro atoms. The van der Waals surface area contributed by atoms with Crippen molar-refractivity contribution < 1.29 is 4.79 Å². The van der Waals surface area contributed by atoms with E-state index in [4.69, 9.17) is 0 Å². The maximum atomic E-state index is 12.9. The van der Waals surface area contributed by atoms with Gasteiger partial charge in [0.05, 0.1) is 11.3 Å². The SMILES string of the molecule is Cc1ccc(NC(=O)c2c(C)cccc2N(C)c2ccncc2)cc1. The van der Waals surface area contributed by atoms with Crippen LogP contribution in [0.4, 0.5) is 17.1 Å². The molecule has 1 N–H and O–H groups in total. The predicted octanol–water partition coefficient (Wildman–Crippen LogP) is 4.72. The summed E-state index contributed by atoms with van der Waals surface area (Å²) in [6.07, 6.45) is 3.49. The summed E-state index contributed by atoms with van der Waals surface area (Å²) in [4.78, 5) is 19.0. The minimum absolute atomic E-state index is 0.113. The van der Waals surface area contributed by atoms with Crippen molar-refractivity contribution in [2.45, 2.75) is 13.8 Å². The van der Waals surface area contributed by atoms with Crippen molar-refractivity contribution in [2.24, 2.45) is 0 Å². The Bertz CT molecular complexity index is 873. The van der Waals surface area contributed by atoms with E-state index >= 15 is 0 Å². The first-order chi connectivity index (χ1) is 12.1. The third kappa shape index (κ3) is 3.69. The van der Waals surface area contributed by atoms with Crippen LogP contribution in [0.3, 0.4) is 0 Å². The molecule has 0 atom stereocenters. The van der Waals surface area contributed by atoms with Crippen molar-refractivity contribution >= 4 is 23.0 Å². The summed E-state index contributed by atoms with van der Waals surface area (Å²) in [7, 11) is 1.95. The quantitative estimate of drug-likeness (QED) is 0.752. The fourth-order valence-electron chi connectivity index (χ4n) is 2.76. The van der Waals surface area contributed by atoms with E-state index in [9.17, 15) is 4.79 Å². The Hall–Kier alpha value is -3.14. The monoisotopic (exact) mass is 331 g/mol. The van der Waals surface area contributed by atoms with Crippen LogP contribution in [0.15, 0.2) is 67.0 Å². The van der Waals surface area contributed by atoms with E-state index in [1.807, 2.05) is 80.4 Å². The third-order valence-corrected chi connectivity index (χ3v) is 4.20. The lowest BCUT2D eigenvalue weighted by Crippen LogP contribution is -2.19. The molecule has 0 saturated heterocycles. The molecule has 0 radical (unpaired) electrons. The molecular formula is C21H21N3O. The number of aryl methyl sites for hydroxylation is 2. The summed E-state index contributed by atoms with van der Waals surface area (Å²) >= 11 is 0. The molecule has 0 fully saturated rings. The van der Waals surface area contributed by atoms with Gasteiger partial charge in [0.2, 0.25) is 0 Å². The average molecular weight is 331 g/mol. The van der Waals surface area contributed by atoms with Gasteiger partial charge in [0.1, 0.15) is 0 Å². The number of carbonyl (C=O) groups excluding carboxylic acids is 1. The van der Waals surface area contributed by atoms with Gasteiger partial charge in [0.25, 0.3) is 5.91 Å². The highest BCUT2D eigenvalue weighted by atomic mass is 16.1. The number of rotatable bonds is 4. The van der Waals surface area contributed by atoms with Crippen LogP contribution in [0, 0.1) is 13.8 Å². The van der Waals surface area contributed by atoms with Crippen LogP contribution in [0.25, 0.3) is 0 Å². The number of amides is 1. The highest BCUT2D eigenvalue weighted by Gasteiger charge is 2.18. The fourth-order valence-corrected chi connectivity index (χ4v) is 2.76. The summed E-state index contributed by atoms with van der Waals surface area (Å²) in [6, 6.07) is 17.5. The second-order valence-corrected chi connectivity index (χ2v) is 6.05. The van der Waals surface area contributed by atoms with Gasteiger partial charge in [-0.2, -0.15) is 0 Å². The van der Waals surface area contributed by atoms with Crippen molar-refractivity contribution in [1.29, 1.82) is 0 Å². The molecule has 0 unspecified atom stereocenters. The molecule has 3 rings (SSSR count). The van der Waals surface area contributed by atoms with Crippen molar-refractivity contribution in [3.63, 3.8) is 0 Å². The zero-order valence-electron chi connectivity index (χ0n) is 14.7. The van der Waals surface area contributed by atoms with E-state index in [0.29, 0.717) is 5.56 Å². The molecular weight excluding hydrogens is 310 g/mol. The Morgan fingerprint density at radius 1 is 0.960 bits per heavy atom. The Morgan fingerprint density at radius 2 is 1.64 bits per heavy atom. The maximum absolute atomic E-state index is 12.9. The smallest absolute Gasteiger partial charge is 0.258 e.